The number of esters is 1. The molecule has 0 aliphatic heterocycles. The molecule has 0 spiro atoms. The third-order valence-corrected chi connectivity index (χ3v) is 10.9. The van der Waals surface area contributed by atoms with Crippen LogP contribution >= 0.6 is 22.9 Å². The predicted octanol–water partition coefficient (Wildman–Crippen LogP) is 9.22. The standard InChI is InChI=1S/C38H40ClN3O5S/c1-21-15-22(2)34-28(16-21)17-31(42(34)20-24-7-9-27(10-8-24)37(44)47-6)36(43)41-38-40-23(3)35(48-38)26-13-11-25(12-14-26)29-18-33(46-5)30(39)19-32(29)45-4/h7-10,15-19,25-26H,11-14,20H2,1-6H3,(H,40,41,43). The molecule has 2 heterocycles. The van der Waals surface area contributed by atoms with Gasteiger partial charge >= 0.3 is 5.97 Å². The molecule has 5 aromatic rings. The Kier molecular flexibility index (Phi) is 9.80. The highest BCUT2D eigenvalue weighted by Gasteiger charge is 2.29. The van der Waals surface area contributed by atoms with Crippen LogP contribution in [0.4, 0.5) is 5.13 Å². The minimum Gasteiger partial charge on any atom is -0.496 e. The quantitative estimate of drug-likeness (QED) is 0.156. The number of carbonyl (C=O) groups is 2. The van der Waals surface area contributed by atoms with Gasteiger partial charge < -0.3 is 18.8 Å². The molecule has 0 bridgehead atoms. The first-order chi connectivity index (χ1) is 23.1. The van der Waals surface area contributed by atoms with Crippen molar-refractivity contribution in [3.63, 3.8) is 0 Å². The van der Waals surface area contributed by atoms with E-state index in [1.54, 1.807) is 37.7 Å². The van der Waals surface area contributed by atoms with E-state index in [0.717, 1.165) is 70.3 Å². The first-order valence-electron chi connectivity index (χ1n) is 16.1. The van der Waals surface area contributed by atoms with Gasteiger partial charge in [-0.15, -0.1) is 11.3 Å². The van der Waals surface area contributed by atoms with Crippen molar-refractivity contribution in [2.75, 3.05) is 26.6 Å². The fourth-order valence-corrected chi connectivity index (χ4v) is 8.45. The topological polar surface area (TPSA) is 91.7 Å². The van der Waals surface area contributed by atoms with Crippen LogP contribution in [0.25, 0.3) is 10.9 Å². The van der Waals surface area contributed by atoms with Crippen molar-refractivity contribution in [3.05, 3.63) is 104 Å². The second kappa shape index (κ2) is 14.0. The van der Waals surface area contributed by atoms with Crippen LogP contribution in [0.15, 0.2) is 54.6 Å². The number of benzene rings is 3. The number of ether oxygens (including phenoxy) is 3. The van der Waals surface area contributed by atoms with Crippen LogP contribution < -0.4 is 14.8 Å². The molecule has 1 saturated carbocycles. The van der Waals surface area contributed by atoms with Crippen molar-refractivity contribution < 1.29 is 23.8 Å². The van der Waals surface area contributed by atoms with Crippen LogP contribution in [-0.2, 0) is 11.3 Å². The SMILES string of the molecule is COC(=O)c1ccc(Cn2c(C(=O)Nc3nc(C)c(C4CCC(c5cc(OC)c(Cl)cc5OC)CC4)s3)cc3cc(C)cc(C)c32)cc1. The monoisotopic (exact) mass is 685 g/mol. The number of amides is 1. The van der Waals surface area contributed by atoms with Crippen molar-refractivity contribution in [2.24, 2.45) is 0 Å². The average Bonchev–Trinajstić information content (AvgIpc) is 3.63. The van der Waals surface area contributed by atoms with Crippen LogP contribution in [-0.4, -0.2) is 42.8 Å². The Hall–Kier alpha value is -4.34. The predicted molar refractivity (Wildman–Crippen MR) is 192 cm³/mol. The minimum absolute atomic E-state index is 0.206. The highest BCUT2D eigenvalue weighted by molar-refractivity contribution is 7.16. The van der Waals surface area contributed by atoms with Gasteiger partial charge in [-0.05, 0) is 99.7 Å². The van der Waals surface area contributed by atoms with Gasteiger partial charge in [0.05, 0.1) is 43.1 Å². The number of anilines is 1. The summed E-state index contributed by atoms with van der Waals surface area (Å²) in [5, 5.41) is 5.27. The van der Waals surface area contributed by atoms with Crippen LogP contribution in [0.5, 0.6) is 11.5 Å². The summed E-state index contributed by atoms with van der Waals surface area (Å²) in [5.74, 6) is 1.59. The summed E-state index contributed by atoms with van der Waals surface area (Å²) in [4.78, 5) is 31.9. The molecule has 1 fully saturated rings. The number of carbonyl (C=O) groups excluding carboxylic acids is 2. The smallest absolute Gasteiger partial charge is 0.337 e. The van der Waals surface area contributed by atoms with Crippen molar-refractivity contribution in [3.8, 4) is 11.5 Å². The number of aromatic nitrogens is 2. The highest BCUT2D eigenvalue weighted by atomic mass is 35.5. The van der Waals surface area contributed by atoms with Crippen LogP contribution in [0, 0.1) is 20.8 Å². The normalized spacial score (nSPS) is 16.1. The zero-order chi connectivity index (χ0) is 34.1. The minimum atomic E-state index is -0.382. The number of halogens is 1. The Morgan fingerprint density at radius 3 is 2.27 bits per heavy atom. The van der Waals surface area contributed by atoms with E-state index in [1.807, 2.05) is 37.3 Å². The number of nitrogens with one attached hydrogen (secondary N) is 1. The average molecular weight is 686 g/mol. The molecule has 10 heteroatoms. The maximum atomic E-state index is 13.9. The number of hydrogen-bond acceptors (Lipinski definition) is 7. The molecule has 0 atom stereocenters. The van der Waals surface area contributed by atoms with E-state index in [2.05, 4.69) is 35.9 Å². The maximum Gasteiger partial charge on any atom is 0.337 e. The fraction of sp³-hybridized carbons (Fsp3) is 0.342. The summed E-state index contributed by atoms with van der Waals surface area (Å²) in [6.45, 7) is 6.62. The Morgan fingerprint density at radius 2 is 1.60 bits per heavy atom. The summed E-state index contributed by atoms with van der Waals surface area (Å²) in [7, 11) is 4.67. The molecule has 8 nitrogen and oxygen atoms in total. The first kappa shape index (κ1) is 33.6. The van der Waals surface area contributed by atoms with Crippen LogP contribution in [0.2, 0.25) is 5.02 Å². The van der Waals surface area contributed by atoms with Gasteiger partial charge in [-0.25, -0.2) is 9.78 Å². The molecule has 1 aliphatic rings. The lowest BCUT2D eigenvalue weighted by Gasteiger charge is -2.29. The van der Waals surface area contributed by atoms with Gasteiger partial charge in [-0.3, -0.25) is 10.1 Å². The second-order valence-electron chi connectivity index (χ2n) is 12.5. The van der Waals surface area contributed by atoms with E-state index in [4.69, 9.17) is 30.8 Å². The van der Waals surface area contributed by atoms with E-state index in [-0.39, 0.29) is 11.9 Å². The van der Waals surface area contributed by atoms with Crippen molar-refractivity contribution in [1.82, 2.24) is 9.55 Å². The number of rotatable bonds is 9. The van der Waals surface area contributed by atoms with Crippen molar-refractivity contribution in [1.29, 1.82) is 0 Å². The van der Waals surface area contributed by atoms with Crippen molar-refractivity contribution in [2.45, 2.75) is 64.8 Å². The van der Waals surface area contributed by atoms with E-state index in [1.165, 1.54) is 12.0 Å². The molecule has 1 aliphatic carbocycles. The lowest BCUT2D eigenvalue weighted by Crippen LogP contribution is -2.17. The van der Waals surface area contributed by atoms with Gasteiger partial charge in [0.1, 0.15) is 17.2 Å². The van der Waals surface area contributed by atoms with Crippen molar-refractivity contribution >= 4 is 50.8 Å². The third-order valence-electron chi connectivity index (χ3n) is 9.37. The van der Waals surface area contributed by atoms with Gasteiger partial charge in [-0.1, -0.05) is 35.4 Å². The Bertz CT molecular complexity index is 1990. The number of thiazole rings is 1. The first-order valence-corrected chi connectivity index (χ1v) is 17.3. The van der Waals surface area contributed by atoms with Gasteiger partial charge in [0, 0.05) is 28.4 Å². The lowest BCUT2D eigenvalue weighted by molar-refractivity contribution is 0.0600. The van der Waals surface area contributed by atoms with Gasteiger partial charge in [0.2, 0.25) is 0 Å². The zero-order valence-corrected chi connectivity index (χ0v) is 29.7. The summed E-state index contributed by atoms with van der Waals surface area (Å²) in [5.41, 5.74) is 7.32. The molecular formula is C38H40ClN3O5S. The van der Waals surface area contributed by atoms with Crippen LogP contribution in [0.1, 0.15) is 91.2 Å². The summed E-state index contributed by atoms with van der Waals surface area (Å²) < 4.78 is 18.1. The van der Waals surface area contributed by atoms with E-state index >= 15 is 0 Å². The number of methoxy groups -OCH3 is 3. The third kappa shape index (κ3) is 6.66. The summed E-state index contributed by atoms with van der Waals surface area (Å²) in [6.07, 6.45) is 4.03. The van der Waals surface area contributed by atoms with E-state index in [9.17, 15) is 9.59 Å². The maximum absolute atomic E-state index is 13.9. The molecule has 48 heavy (non-hydrogen) atoms. The van der Waals surface area contributed by atoms with E-state index in [0.29, 0.717) is 45.5 Å². The van der Waals surface area contributed by atoms with Gasteiger partial charge in [0.25, 0.3) is 5.91 Å². The molecule has 0 saturated heterocycles. The number of aryl methyl sites for hydroxylation is 3. The Morgan fingerprint density at radius 1 is 0.917 bits per heavy atom. The van der Waals surface area contributed by atoms with E-state index < -0.39 is 0 Å². The molecule has 0 unspecified atom stereocenters. The van der Waals surface area contributed by atoms with Crippen LogP contribution in [0.3, 0.4) is 0 Å². The molecule has 250 valence electrons. The molecule has 2 aromatic heterocycles. The molecule has 1 amide bonds. The van der Waals surface area contributed by atoms with Gasteiger partial charge in [0.15, 0.2) is 5.13 Å². The number of hydrogen-bond donors (Lipinski definition) is 1. The second-order valence-corrected chi connectivity index (χ2v) is 14.0. The highest BCUT2D eigenvalue weighted by Crippen LogP contribution is 2.47. The number of fused-ring (bicyclic) bond motifs is 1. The zero-order valence-electron chi connectivity index (χ0n) is 28.1. The molecule has 1 N–H and O–H groups in total. The number of nitrogens with zero attached hydrogens (tertiary/aromatic N) is 2. The van der Waals surface area contributed by atoms with Gasteiger partial charge in [-0.2, -0.15) is 0 Å². The molecule has 0 radical (unpaired) electrons. The molecule has 3 aromatic carbocycles. The Balaban J connectivity index is 1.21. The summed E-state index contributed by atoms with van der Waals surface area (Å²) in [6, 6.07) is 17.3. The molecular weight excluding hydrogens is 646 g/mol. The largest absolute Gasteiger partial charge is 0.496 e. The molecule has 6 rings (SSSR count). The lowest BCUT2D eigenvalue weighted by atomic mass is 9.77. The summed E-state index contributed by atoms with van der Waals surface area (Å²) >= 11 is 7.93. The Labute approximate surface area is 290 Å². The fourth-order valence-electron chi connectivity index (χ4n) is 7.09.